The number of carbonyl (C=O) groups excluding carboxylic acids is 2. The number of esters is 1. The lowest BCUT2D eigenvalue weighted by Gasteiger charge is -2.41. The standard InChI is InChI=1S/C39H61NO10/c1-8-24-10-9-11-32(50-34-15-14-31(40(5)6)21(3)46-34)20(2)35(42)30-18-28-26(29(30)19-33(41)48-24)13-12-23-16-25(17-27(23)28)49-39-38(45-7)37(44)36(43)22(4)47-39/h12-13,18,20-29,31-32,34,36-39,43-44H,8-11,14-17,19H2,1-7H3/t20-,21-,22+,23-,24+,25-,26-,27-,28-,29+,31+,32+,34+,36+,37-,38-,39+/m1/s1. The van der Waals surface area contributed by atoms with Crippen molar-refractivity contribution in [1.29, 1.82) is 0 Å². The molecule has 4 fully saturated rings. The molecule has 3 heterocycles. The Labute approximate surface area is 298 Å². The average molecular weight is 704 g/mol. The molecule has 0 aromatic rings. The van der Waals surface area contributed by atoms with Gasteiger partial charge in [0.1, 0.15) is 24.4 Å². The van der Waals surface area contributed by atoms with E-state index in [-0.39, 0.29) is 84.4 Å². The molecule has 50 heavy (non-hydrogen) atoms. The van der Waals surface area contributed by atoms with Gasteiger partial charge in [0.2, 0.25) is 0 Å². The topological polar surface area (TPSA) is 133 Å². The summed E-state index contributed by atoms with van der Waals surface area (Å²) in [6, 6.07) is 0.329. The Kier molecular flexibility index (Phi) is 12.3. The lowest BCUT2D eigenvalue weighted by molar-refractivity contribution is -0.308. The molecule has 0 bridgehead atoms. The van der Waals surface area contributed by atoms with Crippen LogP contribution in [0.3, 0.4) is 0 Å². The fourth-order valence-corrected chi connectivity index (χ4v) is 9.84. The molecule has 3 aliphatic heterocycles. The molecule has 0 aromatic heterocycles. The summed E-state index contributed by atoms with van der Waals surface area (Å²) < 4.78 is 37.0. The van der Waals surface area contributed by atoms with Gasteiger partial charge in [-0.15, -0.1) is 0 Å². The highest BCUT2D eigenvalue weighted by atomic mass is 16.7. The van der Waals surface area contributed by atoms with Crippen LogP contribution < -0.4 is 0 Å². The minimum atomic E-state index is -1.12. The number of allylic oxidation sites excluding steroid dienone is 4. The van der Waals surface area contributed by atoms with Gasteiger partial charge in [0, 0.05) is 25.0 Å². The summed E-state index contributed by atoms with van der Waals surface area (Å²) >= 11 is 0. The van der Waals surface area contributed by atoms with E-state index >= 15 is 0 Å². The number of nitrogens with zero attached hydrogens (tertiary/aromatic N) is 1. The highest BCUT2D eigenvalue weighted by molar-refractivity contribution is 5.99. The van der Waals surface area contributed by atoms with Crippen LogP contribution in [0, 0.1) is 35.5 Å². The zero-order chi connectivity index (χ0) is 35.9. The van der Waals surface area contributed by atoms with E-state index in [1.54, 1.807) is 6.92 Å². The Hall–Kier alpha value is -1.70. The van der Waals surface area contributed by atoms with Crippen LogP contribution in [0.1, 0.15) is 85.5 Å². The van der Waals surface area contributed by atoms with E-state index in [4.69, 9.17) is 28.4 Å². The molecule has 11 heteroatoms. The number of hydrogen-bond acceptors (Lipinski definition) is 11. The molecule has 17 atom stereocenters. The number of aliphatic hydroxyl groups is 2. The van der Waals surface area contributed by atoms with Crippen molar-refractivity contribution < 1.29 is 48.2 Å². The van der Waals surface area contributed by atoms with E-state index < -0.39 is 30.7 Å². The van der Waals surface area contributed by atoms with Crippen LogP contribution in [0.5, 0.6) is 0 Å². The van der Waals surface area contributed by atoms with E-state index in [0.717, 1.165) is 50.5 Å². The maximum atomic E-state index is 14.6. The summed E-state index contributed by atoms with van der Waals surface area (Å²) in [5.41, 5.74) is 0.730. The number of likely N-dealkylation sites (N-methyl/N-ethyl adjacent to an activating group) is 1. The lowest BCUT2D eigenvalue weighted by Crippen LogP contribution is -2.58. The quantitative estimate of drug-likeness (QED) is 0.292. The van der Waals surface area contributed by atoms with Crippen molar-refractivity contribution in [1.82, 2.24) is 4.90 Å². The van der Waals surface area contributed by atoms with Gasteiger partial charge < -0.3 is 43.5 Å². The number of fused-ring (bicyclic) bond motifs is 5. The minimum Gasteiger partial charge on any atom is -0.462 e. The van der Waals surface area contributed by atoms with Gasteiger partial charge in [-0.05, 0) is 109 Å². The smallest absolute Gasteiger partial charge is 0.306 e. The molecule has 0 unspecified atom stereocenters. The number of Topliss-reactive ketones (excluding diaryl/α,β-unsaturated/α-hetero) is 1. The van der Waals surface area contributed by atoms with E-state index in [1.807, 2.05) is 6.92 Å². The summed E-state index contributed by atoms with van der Waals surface area (Å²) in [4.78, 5) is 30.2. The Morgan fingerprint density at radius 3 is 2.40 bits per heavy atom. The first-order valence-corrected chi connectivity index (χ1v) is 19.2. The molecule has 6 aliphatic rings. The number of rotatable bonds is 7. The SMILES string of the molecule is CC[C@H]1CCC[C@H](O[C@H]2CC[C@H](N(C)C)[C@@H](C)O2)[C@@H](C)C(=O)C2=C[C@@H]3[C@@H](C=C[C@@H]4C[C@@H](O[C@@H]5O[C@@H](C)[C@H](O)[C@@H](O)[C@H]5OC)C[C@@H]34)[C@@H]2CC(=O)O1. The highest BCUT2D eigenvalue weighted by Crippen LogP contribution is 2.54. The van der Waals surface area contributed by atoms with Gasteiger partial charge in [-0.1, -0.05) is 32.1 Å². The molecule has 3 saturated heterocycles. The third-order valence-electron chi connectivity index (χ3n) is 12.8. The van der Waals surface area contributed by atoms with Crippen molar-refractivity contribution in [3.05, 3.63) is 23.8 Å². The van der Waals surface area contributed by atoms with Gasteiger partial charge in [-0.2, -0.15) is 0 Å². The molecule has 0 spiro atoms. The molecule has 6 rings (SSSR count). The largest absolute Gasteiger partial charge is 0.462 e. The molecule has 0 aromatic carbocycles. The molecule has 0 radical (unpaired) electrons. The molecular formula is C39H61NO10. The summed E-state index contributed by atoms with van der Waals surface area (Å²) in [5, 5.41) is 21.0. The van der Waals surface area contributed by atoms with Gasteiger partial charge in [0.25, 0.3) is 0 Å². The molecule has 282 valence electrons. The number of methoxy groups -OCH3 is 1. The Morgan fingerprint density at radius 1 is 0.920 bits per heavy atom. The molecular weight excluding hydrogens is 642 g/mol. The van der Waals surface area contributed by atoms with Crippen LogP contribution in [-0.4, -0.2) is 116 Å². The summed E-state index contributed by atoms with van der Waals surface area (Å²) in [7, 11) is 5.64. The summed E-state index contributed by atoms with van der Waals surface area (Å²) in [6.07, 6.45) is 7.73. The summed E-state index contributed by atoms with van der Waals surface area (Å²) in [5.74, 6) is -0.273. The van der Waals surface area contributed by atoms with Gasteiger partial charge in [0.05, 0.1) is 30.8 Å². The number of aliphatic hydroxyl groups excluding tert-OH is 2. The fraction of sp³-hybridized carbons (Fsp3) is 0.846. The van der Waals surface area contributed by atoms with Gasteiger partial charge in [-0.3, -0.25) is 9.59 Å². The monoisotopic (exact) mass is 703 g/mol. The highest BCUT2D eigenvalue weighted by Gasteiger charge is 2.52. The van der Waals surface area contributed by atoms with E-state index in [1.165, 1.54) is 7.11 Å². The van der Waals surface area contributed by atoms with Crippen molar-refractivity contribution >= 4 is 11.8 Å². The predicted molar refractivity (Wildman–Crippen MR) is 185 cm³/mol. The number of ether oxygens (including phenoxy) is 6. The lowest BCUT2D eigenvalue weighted by atomic mass is 9.70. The molecule has 0 amide bonds. The average Bonchev–Trinajstić information content (AvgIpc) is 3.66. The first-order chi connectivity index (χ1) is 23.9. The third kappa shape index (κ3) is 7.81. The molecule has 11 nitrogen and oxygen atoms in total. The molecule has 3 aliphatic carbocycles. The zero-order valence-corrected chi connectivity index (χ0v) is 31.0. The van der Waals surface area contributed by atoms with Gasteiger partial charge in [0.15, 0.2) is 18.4 Å². The maximum Gasteiger partial charge on any atom is 0.306 e. The Bertz CT molecular complexity index is 1260. The van der Waals surface area contributed by atoms with Crippen molar-refractivity contribution in [2.75, 3.05) is 21.2 Å². The van der Waals surface area contributed by atoms with Crippen molar-refractivity contribution in [2.24, 2.45) is 35.5 Å². The first-order valence-electron chi connectivity index (χ1n) is 19.2. The van der Waals surface area contributed by atoms with Crippen molar-refractivity contribution in [3.63, 3.8) is 0 Å². The van der Waals surface area contributed by atoms with Crippen molar-refractivity contribution in [3.8, 4) is 0 Å². The molecule has 1 saturated carbocycles. The normalized spacial score (nSPS) is 47.1. The van der Waals surface area contributed by atoms with Gasteiger partial charge >= 0.3 is 5.97 Å². The Morgan fingerprint density at radius 2 is 1.70 bits per heavy atom. The maximum absolute atomic E-state index is 14.6. The second kappa shape index (κ2) is 16.1. The zero-order valence-electron chi connectivity index (χ0n) is 31.0. The Balaban J connectivity index is 1.21. The van der Waals surface area contributed by atoms with E-state index in [9.17, 15) is 19.8 Å². The third-order valence-corrected chi connectivity index (χ3v) is 12.8. The van der Waals surface area contributed by atoms with Crippen LogP contribution in [0.2, 0.25) is 0 Å². The van der Waals surface area contributed by atoms with Crippen LogP contribution in [0.4, 0.5) is 0 Å². The van der Waals surface area contributed by atoms with Crippen LogP contribution >= 0.6 is 0 Å². The van der Waals surface area contributed by atoms with E-state index in [0.29, 0.717) is 12.5 Å². The number of carbonyl (C=O) groups is 2. The van der Waals surface area contributed by atoms with Crippen LogP contribution in [0.25, 0.3) is 0 Å². The van der Waals surface area contributed by atoms with Gasteiger partial charge in [-0.25, -0.2) is 0 Å². The summed E-state index contributed by atoms with van der Waals surface area (Å²) in [6.45, 7) is 7.86. The predicted octanol–water partition coefficient (Wildman–Crippen LogP) is 4.18. The number of cyclic esters (lactones) is 1. The second-order valence-corrected chi connectivity index (χ2v) is 16.1. The number of ketones is 1. The van der Waals surface area contributed by atoms with Crippen molar-refractivity contribution in [2.45, 2.75) is 153 Å². The fourth-order valence-electron chi connectivity index (χ4n) is 9.84. The molecule has 2 N–H and O–H groups in total. The minimum absolute atomic E-state index is 0.0104. The van der Waals surface area contributed by atoms with Crippen LogP contribution in [-0.2, 0) is 38.0 Å². The van der Waals surface area contributed by atoms with E-state index in [2.05, 4.69) is 51.1 Å². The van der Waals surface area contributed by atoms with Crippen LogP contribution in [0.15, 0.2) is 23.8 Å². The second-order valence-electron chi connectivity index (χ2n) is 16.1. The number of hydrogen-bond donors (Lipinski definition) is 2. The first kappa shape index (κ1) is 38.0.